The van der Waals surface area contributed by atoms with Gasteiger partial charge >= 0.3 is 5.97 Å². The van der Waals surface area contributed by atoms with Gasteiger partial charge in [-0.15, -0.1) is 0 Å². The third-order valence-electron chi connectivity index (χ3n) is 2.43. The lowest BCUT2D eigenvalue weighted by Crippen LogP contribution is -2.33. The molecule has 1 rings (SSSR count). The average Bonchev–Trinajstić information content (AvgIpc) is 2.37. The SMILES string of the molecule is COC(=O)CN(C)C(=O)c1ccc(OC)cc1N. The van der Waals surface area contributed by atoms with Crippen LogP contribution in [0.3, 0.4) is 0 Å². The van der Waals surface area contributed by atoms with Crippen LogP contribution in [0.15, 0.2) is 18.2 Å². The van der Waals surface area contributed by atoms with Crippen LogP contribution >= 0.6 is 0 Å². The zero-order chi connectivity index (χ0) is 13.7. The van der Waals surface area contributed by atoms with E-state index < -0.39 is 5.97 Å². The second-order valence-corrected chi connectivity index (χ2v) is 3.69. The molecule has 6 heteroatoms. The summed E-state index contributed by atoms with van der Waals surface area (Å²) in [5, 5.41) is 0. The summed E-state index contributed by atoms with van der Waals surface area (Å²) in [5.41, 5.74) is 6.38. The van der Waals surface area contributed by atoms with E-state index in [1.807, 2.05) is 0 Å². The van der Waals surface area contributed by atoms with Gasteiger partial charge in [0.05, 0.1) is 19.8 Å². The van der Waals surface area contributed by atoms with Crippen molar-refractivity contribution in [2.24, 2.45) is 0 Å². The van der Waals surface area contributed by atoms with Gasteiger partial charge in [0.2, 0.25) is 0 Å². The van der Waals surface area contributed by atoms with Gasteiger partial charge in [-0.25, -0.2) is 0 Å². The molecule has 0 unspecified atom stereocenters. The second-order valence-electron chi connectivity index (χ2n) is 3.69. The van der Waals surface area contributed by atoms with E-state index in [2.05, 4.69) is 4.74 Å². The molecular weight excluding hydrogens is 236 g/mol. The van der Waals surface area contributed by atoms with Crippen LogP contribution in [0.1, 0.15) is 10.4 Å². The van der Waals surface area contributed by atoms with E-state index in [4.69, 9.17) is 10.5 Å². The molecule has 0 saturated carbocycles. The highest BCUT2D eigenvalue weighted by atomic mass is 16.5. The Morgan fingerprint density at radius 1 is 1.33 bits per heavy atom. The van der Waals surface area contributed by atoms with Crippen molar-refractivity contribution < 1.29 is 19.1 Å². The van der Waals surface area contributed by atoms with Gasteiger partial charge in [0.1, 0.15) is 12.3 Å². The van der Waals surface area contributed by atoms with Crippen LogP contribution in [0.4, 0.5) is 5.69 Å². The summed E-state index contributed by atoms with van der Waals surface area (Å²) >= 11 is 0. The minimum absolute atomic E-state index is 0.124. The van der Waals surface area contributed by atoms with Crippen molar-refractivity contribution >= 4 is 17.6 Å². The maximum atomic E-state index is 12.0. The molecule has 0 aliphatic heterocycles. The van der Waals surface area contributed by atoms with E-state index >= 15 is 0 Å². The van der Waals surface area contributed by atoms with E-state index in [-0.39, 0.29) is 12.5 Å². The summed E-state index contributed by atoms with van der Waals surface area (Å²) in [6.07, 6.45) is 0. The molecule has 1 amide bonds. The molecule has 0 spiro atoms. The fourth-order valence-electron chi connectivity index (χ4n) is 1.40. The monoisotopic (exact) mass is 252 g/mol. The van der Waals surface area contributed by atoms with Gasteiger partial charge in [0.25, 0.3) is 5.91 Å². The summed E-state index contributed by atoms with van der Waals surface area (Å²) in [6.45, 7) is -0.124. The Hall–Kier alpha value is -2.24. The molecule has 0 atom stereocenters. The highest BCUT2D eigenvalue weighted by molar-refractivity contribution is 6.00. The van der Waals surface area contributed by atoms with Crippen molar-refractivity contribution in [2.45, 2.75) is 0 Å². The Kier molecular flexibility index (Phi) is 4.53. The number of anilines is 1. The number of likely N-dealkylation sites (N-methyl/N-ethyl adjacent to an activating group) is 1. The average molecular weight is 252 g/mol. The van der Waals surface area contributed by atoms with E-state index in [0.29, 0.717) is 17.0 Å². The first-order valence-corrected chi connectivity index (χ1v) is 5.25. The second kappa shape index (κ2) is 5.90. The lowest BCUT2D eigenvalue weighted by molar-refractivity contribution is -0.141. The minimum Gasteiger partial charge on any atom is -0.497 e. The minimum atomic E-state index is -0.488. The number of esters is 1. The van der Waals surface area contributed by atoms with Crippen LogP contribution in [0, 0.1) is 0 Å². The Morgan fingerprint density at radius 2 is 2.00 bits per heavy atom. The molecule has 0 aliphatic carbocycles. The van der Waals surface area contributed by atoms with E-state index in [1.54, 1.807) is 18.2 Å². The van der Waals surface area contributed by atoms with Gasteiger partial charge in [0.15, 0.2) is 0 Å². The highest BCUT2D eigenvalue weighted by Gasteiger charge is 2.17. The molecule has 18 heavy (non-hydrogen) atoms. The first-order valence-electron chi connectivity index (χ1n) is 5.25. The topological polar surface area (TPSA) is 81.9 Å². The third kappa shape index (κ3) is 3.13. The quantitative estimate of drug-likeness (QED) is 0.624. The maximum Gasteiger partial charge on any atom is 0.325 e. The number of hydrogen-bond donors (Lipinski definition) is 1. The van der Waals surface area contributed by atoms with Gasteiger partial charge in [-0.1, -0.05) is 0 Å². The summed E-state index contributed by atoms with van der Waals surface area (Å²) in [6, 6.07) is 4.75. The first-order chi connectivity index (χ1) is 8.49. The zero-order valence-corrected chi connectivity index (χ0v) is 10.6. The normalized spacial score (nSPS) is 9.72. The van der Waals surface area contributed by atoms with E-state index in [9.17, 15) is 9.59 Å². The Labute approximate surface area is 105 Å². The van der Waals surface area contributed by atoms with Crippen molar-refractivity contribution in [3.63, 3.8) is 0 Å². The number of amides is 1. The fraction of sp³-hybridized carbons (Fsp3) is 0.333. The van der Waals surface area contributed by atoms with Crippen molar-refractivity contribution in [3.05, 3.63) is 23.8 Å². The molecule has 0 saturated heterocycles. The number of hydrogen-bond acceptors (Lipinski definition) is 5. The summed E-state index contributed by atoms with van der Waals surface area (Å²) in [7, 11) is 4.28. The van der Waals surface area contributed by atoms with Crippen LogP contribution < -0.4 is 10.5 Å². The summed E-state index contributed by atoms with van der Waals surface area (Å²) < 4.78 is 9.48. The number of nitrogens with two attached hydrogens (primary N) is 1. The lowest BCUT2D eigenvalue weighted by Gasteiger charge is -2.17. The Morgan fingerprint density at radius 3 is 2.50 bits per heavy atom. The number of methoxy groups -OCH3 is 2. The fourth-order valence-corrected chi connectivity index (χ4v) is 1.40. The van der Waals surface area contributed by atoms with Gasteiger partial charge in [-0.2, -0.15) is 0 Å². The molecule has 0 radical (unpaired) electrons. The van der Waals surface area contributed by atoms with Crippen LogP contribution in [0.2, 0.25) is 0 Å². The number of ether oxygens (including phenoxy) is 2. The van der Waals surface area contributed by atoms with E-state index in [0.717, 1.165) is 0 Å². The van der Waals surface area contributed by atoms with Crippen molar-refractivity contribution in [1.82, 2.24) is 4.90 Å². The van der Waals surface area contributed by atoms with Crippen molar-refractivity contribution in [1.29, 1.82) is 0 Å². The van der Waals surface area contributed by atoms with Crippen LogP contribution in [-0.4, -0.2) is 44.6 Å². The molecule has 1 aromatic carbocycles. The third-order valence-corrected chi connectivity index (χ3v) is 2.43. The number of nitrogen functional groups attached to an aromatic ring is 1. The number of carbonyl (C=O) groups excluding carboxylic acids is 2. The predicted octanol–water partition coefficient (Wildman–Crippen LogP) is 0.522. The van der Waals surface area contributed by atoms with Crippen molar-refractivity contribution in [2.75, 3.05) is 33.5 Å². The zero-order valence-electron chi connectivity index (χ0n) is 10.6. The number of carbonyl (C=O) groups is 2. The first kappa shape index (κ1) is 13.8. The van der Waals surface area contributed by atoms with Crippen LogP contribution in [0.25, 0.3) is 0 Å². The smallest absolute Gasteiger partial charge is 0.325 e. The molecule has 0 aromatic heterocycles. The number of nitrogens with zero attached hydrogens (tertiary/aromatic N) is 1. The van der Waals surface area contributed by atoms with Gasteiger partial charge in [-0.3, -0.25) is 9.59 Å². The number of rotatable bonds is 4. The standard InChI is InChI=1S/C12H16N2O4/c1-14(7-11(15)18-3)12(16)9-5-4-8(17-2)6-10(9)13/h4-6H,7,13H2,1-3H3. The van der Waals surface area contributed by atoms with Crippen molar-refractivity contribution in [3.8, 4) is 5.75 Å². The summed E-state index contributed by atoms with van der Waals surface area (Å²) in [4.78, 5) is 24.3. The largest absolute Gasteiger partial charge is 0.497 e. The van der Waals surface area contributed by atoms with Gasteiger partial charge in [0, 0.05) is 18.8 Å². The highest BCUT2D eigenvalue weighted by Crippen LogP contribution is 2.20. The van der Waals surface area contributed by atoms with E-state index in [1.165, 1.54) is 26.2 Å². The molecule has 2 N–H and O–H groups in total. The van der Waals surface area contributed by atoms with Gasteiger partial charge in [-0.05, 0) is 12.1 Å². The Bertz CT molecular complexity index is 459. The Balaban J connectivity index is 2.86. The van der Waals surface area contributed by atoms with Crippen LogP contribution in [0.5, 0.6) is 5.75 Å². The molecule has 0 bridgehead atoms. The molecule has 6 nitrogen and oxygen atoms in total. The van der Waals surface area contributed by atoms with Gasteiger partial charge < -0.3 is 20.1 Å². The number of benzene rings is 1. The van der Waals surface area contributed by atoms with Crippen LogP contribution in [-0.2, 0) is 9.53 Å². The molecule has 0 aliphatic rings. The molecule has 0 fully saturated rings. The maximum absolute atomic E-state index is 12.0. The molecule has 1 aromatic rings. The molecule has 0 heterocycles. The lowest BCUT2D eigenvalue weighted by atomic mass is 10.1. The predicted molar refractivity (Wildman–Crippen MR) is 66.4 cm³/mol. The molecular formula is C12H16N2O4. The summed E-state index contributed by atoms with van der Waals surface area (Å²) in [5.74, 6) is -0.266. The molecule has 98 valence electrons.